The molecule has 0 radical (unpaired) electrons. The Bertz CT molecular complexity index is 256. The van der Waals surface area contributed by atoms with Crippen molar-refractivity contribution in [3.05, 3.63) is 0 Å². The van der Waals surface area contributed by atoms with Crippen molar-refractivity contribution in [2.45, 2.75) is 32.6 Å². The van der Waals surface area contributed by atoms with Gasteiger partial charge in [0.05, 0.1) is 0 Å². The van der Waals surface area contributed by atoms with E-state index in [1.54, 1.807) is 0 Å². The SMILES string of the molecule is CC1CCCC(CNC(=O)NCC(=O)O)C1. The molecule has 2 unspecified atom stereocenters. The summed E-state index contributed by atoms with van der Waals surface area (Å²) < 4.78 is 0. The molecule has 0 spiro atoms. The van der Waals surface area contributed by atoms with Gasteiger partial charge in [0, 0.05) is 6.54 Å². The standard InChI is InChI=1S/C11H20N2O3/c1-8-3-2-4-9(5-8)6-12-11(16)13-7-10(14)15/h8-9H,2-7H2,1H3,(H,14,15)(H2,12,13,16). The summed E-state index contributed by atoms with van der Waals surface area (Å²) in [5, 5.41) is 13.4. The Morgan fingerprint density at radius 2 is 2.06 bits per heavy atom. The predicted molar refractivity (Wildman–Crippen MR) is 60.2 cm³/mol. The van der Waals surface area contributed by atoms with Gasteiger partial charge < -0.3 is 15.7 Å². The molecule has 0 aliphatic heterocycles. The number of aliphatic carboxylic acids is 1. The average Bonchev–Trinajstić information content (AvgIpc) is 2.23. The molecule has 1 saturated carbocycles. The van der Waals surface area contributed by atoms with E-state index >= 15 is 0 Å². The van der Waals surface area contributed by atoms with Crippen molar-refractivity contribution < 1.29 is 14.7 Å². The Morgan fingerprint density at radius 1 is 1.31 bits per heavy atom. The van der Waals surface area contributed by atoms with Crippen LogP contribution in [-0.4, -0.2) is 30.2 Å². The molecule has 2 amide bonds. The number of carboxylic acid groups (broad SMARTS) is 1. The number of carboxylic acids is 1. The fourth-order valence-corrected chi connectivity index (χ4v) is 2.20. The molecule has 0 aromatic carbocycles. The van der Waals surface area contributed by atoms with Crippen LogP contribution in [0.15, 0.2) is 0 Å². The first-order valence-electron chi connectivity index (χ1n) is 5.81. The van der Waals surface area contributed by atoms with E-state index in [0.717, 1.165) is 18.8 Å². The third kappa shape index (κ3) is 5.00. The van der Waals surface area contributed by atoms with Crippen LogP contribution in [-0.2, 0) is 4.79 Å². The third-order valence-electron chi connectivity index (χ3n) is 3.00. The Balaban J connectivity index is 2.13. The number of urea groups is 1. The first kappa shape index (κ1) is 12.8. The fourth-order valence-electron chi connectivity index (χ4n) is 2.20. The summed E-state index contributed by atoms with van der Waals surface area (Å²) in [7, 11) is 0. The highest BCUT2D eigenvalue weighted by Crippen LogP contribution is 2.27. The lowest BCUT2D eigenvalue weighted by molar-refractivity contribution is -0.135. The molecule has 0 saturated heterocycles. The van der Waals surface area contributed by atoms with E-state index < -0.39 is 5.97 Å². The predicted octanol–water partition coefficient (Wildman–Crippen LogP) is 1.20. The number of rotatable bonds is 4. The molecule has 0 heterocycles. The van der Waals surface area contributed by atoms with Crippen LogP contribution in [0.25, 0.3) is 0 Å². The smallest absolute Gasteiger partial charge is 0.323 e. The van der Waals surface area contributed by atoms with Crippen LogP contribution in [0.5, 0.6) is 0 Å². The second-order valence-electron chi connectivity index (χ2n) is 4.60. The fraction of sp³-hybridized carbons (Fsp3) is 0.818. The van der Waals surface area contributed by atoms with Crippen molar-refractivity contribution >= 4 is 12.0 Å². The van der Waals surface area contributed by atoms with Gasteiger partial charge in [-0.05, 0) is 24.7 Å². The zero-order chi connectivity index (χ0) is 12.0. The van der Waals surface area contributed by atoms with Crippen LogP contribution in [0.3, 0.4) is 0 Å². The normalized spacial score (nSPS) is 24.8. The Kier molecular flexibility index (Phi) is 5.08. The molecule has 92 valence electrons. The summed E-state index contributed by atoms with van der Waals surface area (Å²) >= 11 is 0. The van der Waals surface area contributed by atoms with Crippen molar-refractivity contribution in [1.29, 1.82) is 0 Å². The van der Waals surface area contributed by atoms with Gasteiger partial charge in [-0.15, -0.1) is 0 Å². The van der Waals surface area contributed by atoms with E-state index in [1.165, 1.54) is 12.8 Å². The first-order chi connectivity index (χ1) is 7.58. The summed E-state index contributed by atoms with van der Waals surface area (Å²) in [5.74, 6) is 0.253. The van der Waals surface area contributed by atoms with Gasteiger partial charge in [-0.2, -0.15) is 0 Å². The number of nitrogens with one attached hydrogen (secondary N) is 2. The van der Waals surface area contributed by atoms with Gasteiger partial charge in [0.15, 0.2) is 0 Å². The topological polar surface area (TPSA) is 78.4 Å². The summed E-state index contributed by atoms with van der Waals surface area (Å²) in [4.78, 5) is 21.4. The van der Waals surface area contributed by atoms with Gasteiger partial charge in [-0.3, -0.25) is 4.79 Å². The van der Waals surface area contributed by atoms with E-state index in [0.29, 0.717) is 12.5 Å². The molecule has 16 heavy (non-hydrogen) atoms. The van der Waals surface area contributed by atoms with Gasteiger partial charge in [0.25, 0.3) is 0 Å². The van der Waals surface area contributed by atoms with Crippen LogP contribution >= 0.6 is 0 Å². The minimum Gasteiger partial charge on any atom is -0.480 e. The van der Waals surface area contributed by atoms with Gasteiger partial charge >= 0.3 is 12.0 Å². The Hall–Kier alpha value is -1.26. The lowest BCUT2D eigenvalue weighted by Gasteiger charge is -2.26. The molecule has 0 aromatic rings. The van der Waals surface area contributed by atoms with Crippen molar-refractivity contribution in [2.24, 2.45) is 11.8 Å². The zero-order valence-electron chi connectivity index (χ0n) is 9.66. The number of hydrogen-bond donors (Lipinski definition) is 3. The molecular formula is C11H20N2O3. The van der Waals surface area contributed by atoms with E-state index in [-0.39, 0.29) is 12.6 Å². The van der Waals surface area contributed by atoms with Crippen molar-refractivity contribution in [2.75, 3.05) is 13.1 Å². The van der Waals surface area contributed by atoms with E-state index in [9.17, 15) is 9.59 Å². The maximum absolute atomic E-state index is 11.2. The second-order valence-corrected chi connectivity index (χ2v) is 4.60. The van der Waals surface area contributed by atoms with Crippen LogP contribution in [0.1, 0.15) is 32.6 Å². The summed E-state index contributed by atoms with van der Waals surface area (Å²) in [6, 6.07) is -0.388. The van der Waals surface area contributed by atoms with Crippen molar-refractivity contribution in [3.8, 4) is 0 Å². The van der Waals surface area contributed by atoms with Crippen molar-refractivity contribution in [3.63, 3.8) is 0 Å². The number of carbonyl (C=O) groups excluding carboxylic acids is 1. The molecule has 1 rings (SSSR count). The molecule has 5 nitrogen and oxygen atoms in total. The van der Waals surface area contributed by atoms with Gasteiger partial charge in [0.2, 0.25) is 0 Å². The molecule has 5 heteroatoms. The molecule has 0 aromatic heterocycles. The quantitative estimate of drug-likeness (QED) is 0.676. The highest BCUT2D eigenvalue weighted by molar-refractivity contribution is 5.79. The zero-order valence-corrected chi connectivity index (χ0v) is 9.66. The van der Waals surface area contributed by atoms with Gasteiger partial charge in [-0.1, -0.05) is 19.8 Å². The van der Waals surface area contributed by atoms with Gasteiger partial charge in [0.1, 0.15) is 6.54 Å². The van der Waals surface area contributed by atoms with Gasteiger partial charge in [-0.25, -0.2) is 4.79 Å². The molecule has 2 atom stereocenters. The van der Waals surface area contributed by atoms with E-state index in [4.69, 9.17) is 5.11 Å². The maximum atomic E-state index is 11.2. The molecule has 1 fully saturated rings. The number of hydrogen-bond acceptors (Lipinski definition) is 2. The van der Waals surface area contributed by atoms with E-state index in [2.05, 4.69) is 17.6 Å². The molecule has 3 N–H and O–H groups in total. The summed E-state index contributed by atoms with van der Waals surface area (Å²) in [6.07, 6.45) is 4.81. The Morgan fingerprint density at radius 3 is 2.69 bits per heavy atom. The minimum absolute atomic E-state index is 0.326. The summed E-state index contributed by atoms with van der Waals surface area (Å²) in [5.41, 5.74) is 0. The summed E-state index contributed by atoms with van der Waals surface area (Å²) in [6.45, 7) is 2.55. The minimum atomic E-state index is -1.03. The monoisotopic (exact) mass is 228 g/mol. The third-order valence-corrected chi connectivity index (χ3v) is 3.00. The number of carbonyl (C=O) groups is 2. The van der Waals surface area contributed by atoms with Crippen LogP contribution < -0.4 is 10.6 Å². The lowest BCUT2D eigenvalue weighted by atomic mass is 9.82. The molecule has 1 aliphatic rings. The molecular weight excluding hydrogens is 208 g/mol. The maximum Gasteiger partial charge on any atom is 0.323 e. The highest BCUT2D eigenvalue weighted by Gasteiger charge is 2.19. The van der Waals surface area contributed by atoms with Crippen LogP contribution in [0, 0.1) is 11.8 Å². The van der Waals surface area contributed by atoms with Crippen molar-refractivity contribution in [1.82, 2.24) is 10.6 Å². The average molecular weight is 228 g/mol. The largest absolute Gasteiger partial charge is 0.480 e. The molecule has 1 aliphatic carbocycles. The van der Waals surface area contributed by atoms with Crippen LogP contribution in [0.4, 0.5) is 4.79 Å². The van der Waals surface area contributed by atoms with E-state index in [1.807, 2.05) is 0 Å². The Labute approximate surface area is 95.6 Å². The first-order valence-corrected chi connectivity index (χ1v) is 5.81. The molecule has 0 bridgehead atoms. The highest BCUT2D eigenvalue weighted by atomic mass is 16.4. The second kappa shape index (κ2) is 6.35. The lowest BCUT2D eigenvalue weighted by Crippen LogP contribution is -2.41. The van der Waals surface area contributed by atoms with Crippen LogP contribution in [0.2, 0.25) is 0 Å². The number of amides is 2.